The monoisotopic (exact) mass is 213 g/mol. The predicted octanol–water partition coefficient (Wildman–Crippen LogP) is 2.41. The minimum atomic E-state index is -0.675. The molecule has 15 heavy (non-hydrogen) atoms. The van der Waals surface area contributed by atoms with Crippen LogP contribution in [-0.4, -0.2) is 22.7 Å². The van der Waals surface area contributed by atoms with Crippen LogP contribution >= 0.6 is 0 Å². The molecule has 0 aliphatic heterocycles. The third kappa shape index (κ3) is 2.94. The molecule has 1 aliphatic carbocycles. The van der Waals surface area contributed by atoms with Gasteiger partial charge in [0.15, 0.2) is 0 Å². The number of aliphatic carboxylic acids is 1. The van der Waals surface area contributed by atoms with Gasteiger partial charge in [0.05, 0.1) is 0 Å². The summed E-state index contributed by atoms with van der Waals surface area (Å²) in [6.45, 7) is 6.21. The summed E-state index contributed by atoms with van der Waals surface area (Å²) < 4.78 is 0. The van der Waals surface area contributed by atoms with Crippen LogP contribution < -0.4 is 5.32 Å². The van der Waals surface area contributed by atoms with Gasteiger partial charge in [-0.05, 0) is 45.4 Å². The van der Waals surface area contributed by atoms with Crippen molar-refractivity contribution in [3.05, 3.63) is 0 Å². The highest BCUT2D eigenvalue weighted by atomic mass is 16.4. The molecule has 1 rings (SSSR count). The van der Waals surface area contributed by atoms with Crippen molar-refractivity contribution in [3.63, 3.8) is 0 Å². The van der Waals surface area contributed by atoms with Crippen LogP contribution in [-0.2, 0) is 4.79 Å². The van der Waals surface area contributed by atoms with E-state index in [2.05, 4.69) is 12.2 Å². The molecule has 0 atom stereocenters. The van der Waals surface area contributed by atoms with E-state index in [4.69, 9.17) is 0 Å². The Morgan fingerprint density at radius 3 is 2.33 bits per heavy atom. The van der Waals surface area contributed by atoms with Gasteiger partial charge >= 0.3 is 5.97 Å². The van der Waals surface area contributed by atoms with Gasteiger partial charge in [-0.25, -0.2) is 0 Å². The number of hydrogen-bond donors (Lipinski definition) is 2. The number of nitrogens with one attached hydrogen (secondary N) is 1. The standard InChI is InChI=1S/C12H23NO2/c1-4-10-5-7-12(8-6-10,11(14)15)13-9(2)3/h9-10,13H,4-8H2,1-3H3,(H,14,15). The van der Waals surface area contributed by atoms with Crippen LogP contribution in [0, 0.1) is 5.92 Å². The molecular weight excluding hydrogens is 190 g/mol. The summed E-state index contributed by atoms with van der Waals surface area (Å²) in [5.74, 6) is 0.0530. The zero-order valence-electron chi connectivity index (χ0n) is 10.0. The summed E-state index contributed by atoms with van der Waals surface area (Å²) in [4.78, 5) is 11.3. The Labute approximate surface area is 92.3 Å². The minimum Gasteiger partial charge on any atom is -0.480 e. The molecule has 0 bridgehead atoms. The highest BCUT2D eigenvalue weighted by Gasteiger charge is 2.41. The summed E-state index contributed by atoms with van der Waals surface area (Å²) >= 11 is 0. The molecule has 0 spiro atoms. The Morgan fingerprint density at radius 1 is 1.47 bits per heavy atom. The van der Waals surface area contributed by atoms with Gasteiger partial charge in [0.1, 0.15) is 5.54 Å². The predicted molar refractivity (Wildman–Crippen MR) is 60.9 cm³/mol. The lowest BCUT2D eigenvalue weighted by molar-refractivity contribution is -0.147. The van der Waals surface area contributed by atoms with Crippen molar-refractivity contribution in [1.82, 2.24) is 5.32 Å². The van der Waals surface area contributed by atoms with Gasteiger partial charge in [-0.3, -0.25) is 10.1 Å². The van der Waals surface area contributed by atoms with Crippen molar-refractivity contribution < 1.29 is 9.90 Å². The topological polar surface area (TPSA) is 49.3 Å². The SMILES string of the molecule is CCC1CCC(NC(C)C)(C(=O)O)CC1. The molecule has 0 radical (unpaired) electrons. The Morgan fingerprint density at radius 2 is 2.00 bits per heavy atom. The van der Waals surface area contributed by atoms with Crippen molar-refractivity contribution in [2.75, 3.05) is 0 Å². The van der Waals surface area contributed by atoms with Crippen LogP contribution in [0.15, 0.2) is 0 Å². The van der Waals surface area contributed by atoms with Crippen molar-refractivity contribution in [2.24, 2.45) is 5.92 Å². The maximum Gasteiger partial charge on any atom is 0.323 e. The largest absolute Gasteiger partial charge is 0.480 e. The molecule has 0 aromatic carbocycles. The highest BCUT2D eigenvalue weighted by molar-refractivity contribution is 5.79. The fraction of sp³-hybridized carbons (Fsp3) is 0.917. The molecule has 0 unspecified atom stereocenters. The number of carboxylic acid groups (broad SMARTS) is 1. The second-order valence-electron chi connectivity index (χ2n) is 5.04. The van der Waals surface area contributed by atoms with E-state index in [1.807, 2.05) is 13.8 Å². The molecular formula is C12H23NO2. The van der Waals surface area contributed by atoms with Gasteiger partial charge in [0.2, 0.25) is 0 Å². The van der Waals surface area contributed by atoms with E-state index in [9.17, 15) is 9.90 Å². The number of rotatable bonds is 4. The van der Waals surface area contributed by atoms with Gasteiger partial charge in [0, 0.05) is 6.04 Å². The van der Waals surface area contributed by atoms with Crippen molar-refractivity contribution >= 4 is 5.97 Å². The lowest BCUT2D eigenvalue weighted by Gasteiger charge is -2.38. The van der Waals surface area contributed by atoms with E-state index in [-0.39, 0.29) is 6.04 Å². The van der Waals surface area contributed by atoms with E-state index < -0.39 is 11.5 Å². The van der Waals surface area contributed by atoms with Gasteiger partial charge in [-0.1, -0.05) is 13.3 Å². The van der Waals surface area contributed by atoms with Crippen LogP contribution in [0.2, 0.25) is 0 Å². The summed E-state index contributed by atoms with van der Waals surface area (Å²) in [7, 11) is 0. The summed E-state index contributed by atoms with van der Waals surface area (Å²) in [5, 5.41) is 12.6. The molecule has 0 aromatic rings. The molecule has 0 saturated heterocycles. The smallest absolute Gasteiger partial charge is 0.323 e. The second-order valence-corrected chi connectivity index (χ2v) is 5.04. The lowest BCUT2D eigenvalue weighted by atomic mass is 9.75. The Hall–Kier alpha value is -0.570. The van der Waals surface area contributed by atoms with Gasteiger partial charge < -0.3 is 5.11 Å². The van der Waals surface area contributed by atoms with Crippen LogP contribution in [0.25, 0.3) is 0 Å². The zero-order valence-corrected chi connectivity index (χ0v) is 10.0. The highest BCUT2D eigenvalue weighted by Crippen LogP contribution is 2.34. The molecule has 1 aliphatic rings. The molecule has 0 aromatic heterocycles. The molecule has 3 heteroatoms. The lowest BCUT2D eigenvalue weighted by Crippen LogP contribution is -2.56. The quantitative estimate of drug-likeness (QED) is 0.754. The third-order valence-corrected chi connectivity index (χ3v) is 3.51. The van der Waals surface area contributed by atoms with Crippen molar-refractivity contribution in [3.8, 4) is 0 Å². The summed E-state index contributed by atoms with van der Waals surface area (Å²) in [5.41, 5.74) is -0.653. The minimum absolute atomic E-state index is 0.235. The van der Waals surface area contributed by atoms with E-state index in [1.165, 1.54) is 6.42 Å². The van der Waals surface area contributed by atoms with Crippen LogP contribution in [0.4, 0.5) is 0 Å². The Balaban J connectivity index is 2.65. The summed E-state index contributed by atoms with van der Waals surface area (Å²) in [6, 6.07) is 0.235. The number of hydrogen-bond acceptors (Lipinski definition) is 2. The van der Waals surface area contributed by atoms with Crippen LogP contribution in [0.1, 0.15) is 52.9 Å². The average Bonchev–Trinajstić information content (AvgIpc) is 2.17. The Bertz CT molecular complexity index is 218. The maximum absolute atomic E-state index is 11.3. The van der Waals surface area contributed by atoms with Crippen molar-refractivity contribution in [1.29, 1.82) is 0 Å². The molecule has 2 N–H and O–H groups in total. The normalized spacial score (nSPS) is 31.9. The first-order valence-corrected chi connectivity index (χ1v) is 6.01. The second kappa shape index (κ2) is 4.97. The van der Waals surface area contributed by atoms with Gasteiger partial charge in [0.25, 0.3) is 0 Å². The number of carboxylic acids is 1. The van der Waals surface area contributed by atoms with E-state index in [0.717, 1.165) is 31.6 Å². The first-order chi connectivity index (χ1) is 7.00. The molecule has 88 valence electrons. The van der Waals surface area contributed by atoms with Crippen LogP contribution in [0.3, 0.4) is 0 Å². The molecule has 1 saturated carbocycles. The average molecular weight is 213 g/mol. The Kier molecular flexibility index (Phi) is 4.14. The fourth-order valence-electron chi connectivity index (χ4n) is 2.55. The first-order valence-electron chi connectivity index (χ1n) is 6.01. The zero-order chi connectivity index (χ0) is 11.5. The summed E-state index contributed by atoms with van der Waals surface area (Å²) in [6.07, 6.45) is 4.82. The maximum atomic E-state index is 11.3. The third-order valence-electron chi connectivity index (χ3n) is 3.51. The van der Waals surface area contributed by atoms with E-state index >= 15 is 0 Å². The molecule has 0 heterocycles. The molecule has 1 fully saturated rings. The van der Waals surface area contributed by atoms with Gasteiger partial charge in [-0.15, -0.1) is 0 Å². The first kappa shape index (κ1) is 12.5. The van der Waals surface area contributed by atoms with Gasteiger partial charge in [-0.2, -0.15) is 0 Å². The van der Waals surface area contributed by atoms with Crippen LogP contribution in [0.5, 0.6) is 0 Å². The van der Waals surface area contributed by atoms with E-state index in [1.54, 1.807) is 0 Å². The molecule has 3 nitrogen and oxygen atoms in total. The number of carbonyl (C=O) groups is 1. The molecule has 0 amide bonds. The van der Waals surface area contributed by atoms with E-state index in [0.29, 0.717) is 0 Å². The fourth-order valence-corrected chi connectivity index (χ4v) is 2.55. The van der Waals surface area contributed by atoms with Crippen molar-refractivity contribution in [2.45, 2.75) is 64.5 Å².